The van der Waals surface area contributed by atoms with Crippen molar-refractivity contribution in [2.24, 2.45) is 0 Å². The van der Waals surface area contributed by atoms with Crippen molar-refractivity contribution in [3.05, 3.63) is 36.1 Å². The van der Waals surface area contributed by atoms with Crippen molar-refractivity contribution in [2.45, 2.75) is 0 Å². The number of likely N-dealkylation sites (N-methyl/N-ethyl adjacent to an activating group) is 1. The molecular formula is C10H16ClNO. The van der Waals surface area contributed by atoms with E-state index in [1.807, 2.05) is 19.0 Å². The van der Waals surface area contributed by atoms with E-state index in [9.17, 15) is 0 Å². The van der Waals surface area contributed by atoms with Crippen molar-refractivity contribution in [3.8, 4) is 0 Å². The van der Waals surface area contributed by atoms with Gasteiger partial charge in [-0.3, -0.25) is 0 Å². The van der Waals surface area contributed by atoms with E-state index in [4.69, 9.17) is 16.3 Å². The molecule has 0 saturated carbocycles. The average molecular weight is 202 g/mol. The highest BCUT2D eigenvalue weighted by atomic mass is 35.5. The highest BCUT2D eigenvalue weighted by molar-refractivity contribution is 6.30. The highest BCUT2D eigenvalue weighted by Gasteiger charge is 1.91. The summed E-state index contributed by atoms with van der Waals surface area (Å²) in [5, 5.41) is 0.470. The molecule has 0 spiro atoms. The summed E-state index contributed by atoms with van der Waals surface area (Å²) < 4.78 is 5.28. The summed E-state index contributed by atoms with van der Waals surface area (Å²) >= 11 is 5.52. The molecule has 0 aromatic heterocycles. The lowest BCUT2D eigenvalue weighted by molar-refractivity contribution is 0.194. The Bertz CT molecular complexity index is 209. The lowest BCUT2D eigenvalue weighted by Crippen LogP contribution is -2.17. The SMILES string of the molecule is C=C(Cl)C=CC(=C)OCCN(C)C. The van der Waals surface area contributed by atoms with E-state index >= 15 is 0 Å². The Morgan fingerprint density at radius 1 is 1.38 bits per heavy atom. The van der Waals surface area contributed by atoms with E-state index in [-0.39, 0.29) is 0 Å². The zero-order chi connectivity index (χ0) is 10.3. The summed E-state index contributed by atoms with van der Waals surface area (Å²) in [5.41, 5.74) is 0. The van der Waals surface area contributed by atoms with Gasteiger partial charge in [0.1, 0.15) is 12.4 Å². The standard InChI is InChI=1S/C10H16ClNO/c1-9(11)5-6-10(2)13-8-7-12(3)4/h5-6H,1-2,7-8H2,3-4H3. The summed E-state index contributed by atoms with van der Waals surface area (Å²) in [7, 11) is 3.98. The number of hydrogen-bond acceptors (Lipinski definition) is 2. The van der Waals surface area contributed by atoms with Gasteiger partial charge in [0.2, 0.25) is 0 Å². The number of ether oxygens (including phenoxy) is 1. The molecule has 0 fully saturated rings. The van der Waals surface area contributed by atoms with Crippen molar-refractivity contribution < 1.29 is 4.74 Å². The first kappa shape index (κ1) is 12.3. The van der Waals surface area contributed by atoms with Gasteiger partial charge in [0.05, 0.1) is 0 Å². The number of halogens is 1. The molecule has 0 N–H and O–H groups in total. The smallest absolute Gasteiger partial charge is 0.112 e. The molecule has 0 aromatic rings. The van der Waals surface area contributed by atoms with Crippen molar-refractivity contribution >= 4 is 11.6 Å². The van der Waals surface area contributed by atoms with Crippen LogP contribution in [0.4, 0.5) is 0 Å². The Hall–Kier alpha value is -0.730. The van der Waals surface area contributed by atoms with Gasteiger partial charge in [0, 0.05) is 11.6 Å². The first-order chi connectivity index (χ1) is 6.02. The van der Waals surface area contributed by atoms with Gasteiger partial charge in [-0.2, -0.15) is 0 Å². The van der Waals surface area contributed by atoms with Gasteiger partial charge in [-0.05, 0) is 26.2 Å². The van der Waals surface area contributed by atoms with E-state index in [1.165, 1.54) is 0 Å². The van der Waals surface area contributed by atoms with Gasteiger partial charge < -0.3 is 9.64 Å². The minimum atomic E-state index is 0.470. The molecule has 0 amide bonds. The summed E-state index contributed by atoms with van der Waals surface area (Å²) in [4.78, 5) is 2.04. The van der Waals surface area contributed by atoms with Crippen LogP contribution in [0.3, 0.4) is 0 Å². The Morgan fingerprint density at radius 3 is 2.46 bits per heavy atom. The summed E-state index contributed by atoms with van der Waals surface area (Å²) in [5.74, 6) is 0.601. The van der Waals surface area contributed by atoms with Crippen molar-refractivity contribution in [2.75, 3.05) is 27.2 Å². The van der Waals surface area contributed by atoms with E-state index in [0.29, 0.717) is 17.4 Å². The molecule has 0 aliphatic rings. The summed E-state index contributed by atoms with van der Waals surface area (Å²) in [6, 6.07) is 0. The minimum Gasteiger partial charge on any atom is -0.493 e. The quantitative estimate of drug-likeness (QED) is 0.483. The van der Waals surface area contributed by atoms with Crippen LogP contribution >= 0.6 is 11.6 Å². The van der Waals surface area contributed by atoms with Crippen molar-refractivity contribution in [1.82, 2.24) is 4.90 Å². The molecule has 0 aromatic carbocycles. The van der Waals surface area contributed by atoms with Gasteiger partial charge in [0.15, 0.2) is 0 Å². The molecule has 0 atom stereocenters. The summed E-state index contributed by atoms with van der Waals surface area (Å²) in [6.07, 6.45) is 3.35. The average Bonchev–Trinajstić information content (AvgIpc) is 2.00. The fourth-order valence-electron chi connectivity index (χ4n) is 0.591. The number of allylic oxidation sites excluding steroid dienone is 3. The van der Waals surface area contributed by atoms with Gasteiger partial charge in [-0.15, -0.1) is 0 Å². The van der Waals surface area contributed by atoms with Gasteiger partial charge in [0.25, 0.3) is 0 Å². The lowest BCUT2D eigenvalue weighted by atomic mass is 10.4. The van der Waals surface area contributed by atoms with Crippen LogP contribution in [-0.2, 0) is 4.74 Å². The van der Waals surface area contributed by atoms with Gasteiger partial charge in [-0.1, -0.05) is 24.8 Å². The van der Waals surface area contributed by atoms with Crippen LogP contribution < -0.4 is 0 Å². The predicted molar refractivity (Wildman–Crippen MR) is 57.8 cm³/mol. The Balaban J connectivity index is 3.58. The monoisotopic (exact) mass is 201 g/mol. The van der Waals surface area contributed by atoms with E-state index in [1.54, 1.807) is 12.2 Å². The Kier molecular flexibility index (Phi) is 6.37. The van der Waals surface area contributed by atoms with Crippen LogP contribution in [0.1, 0.15) is 0 Å². The van der Waals surface area contributed by atoms with Crippen LogP contribution in [0.2, 0.25) is 0 Å². The number of nitrogens with zero attached hydrogens (tertiary/aromatic N) is 1. The molecular weight excluding hydrogens is 186 g/mol. The van der Waals surface area contributed by atoms with Gasteiger partial charge in [-0.25, -0.2) is 0 Å². The summed E-state index contributed by atoms with van der Waals surface area (Å²) in [6.45, 7) is 8.71. The Morgan fingerprint density at radius 2 is 2.00 bits per heavy atom. The van der Waals surface area contributed by atoms with Crippen LogP contribution in [-0.4, -0.2) is 32.1 Å². The maximum Gasteiger partial charge on any atom is 0.112 e. The lowest BCUT2D eigenvalue weighted by Gasteiger charge is -2.10. The maximum atomic E-state index is 5.52. The molecule has 0 bridgehead atoms. The number of rotatable bonds is 6. The number of hydrogen-bond donors (Lipinski definition) is 0. The third kappa shape index (κ3) is 9.18. The second kappa shape index (κ2) is 6.75. The molecule has 0 rings (SSSR count). The van der Waals surface area contributed by atoms with E-state index < -0.39 is 0 Å². The molecule has 3 heteroatoms. The second-order valence-corrected chi connectivity index (χ2v) is 3.38. The van der Waals surface area contributed by atoms with Crippen LogP contribution in [0.25, 0.3) is 0 Å². The first-order valence-electron chi connectivity index (χ1n) is 4.01. The molecule has 0 aliphatic heterocycles. The molecule has 0 saturated heterocycles. The zero-order valence-electron chi connectivity index (χ0n) is 8.22. The molecule has 74 valence electrons. The topological polar surface area (TPSA) is 12.5 Å². The van der Waals surface area contributed by atoms with Crippen LogP contribution in [0.15, 0.2) is 36.1 Å². The van der Waals surface area contributed by atoms with Crippen LogP contribution in [0, 0.1) is 0 Å². The molecule has 2 nitrogen and oxygen atoms in total. The van der Waals surface area contributed by atoms with Gasteiger partial charge >= 0.3 is 0 Å². The maximum absolute atomic E-state index is 5.52. The fraction of sp³-hybridized carbons (Fsp3) is 0.400. The fourth-order valence-corrected chi connectivity index (χ4v) is 0.654. The normalized spacial score (nSPS) is 10.8. The molecule has 13 heavy (non-hydrogen) atoms. The van der Waals surface area contributed by atoms with Crippen molar-refractivity contribution in [3.63, 3.8) is 0 Å². The molecule has 0 aliphatic carbocycles. The zero-order valence-corrected chi connectivity index (χ0v) is 8.97. The van der Waals surface area contributed by atoms with E-state index in [2.05, 4.69) is 13.2 Å². The third-order valence-corrected chi connectivity index (χ3v) is 1.40. The largest absolute Gasteiger partial charge is 0.493 e. The third-order valence-electron chi connectivity index (χ3n) is 1.28. The molecule has 0 heterocycles. The molecule has 0 radical (unpaired) electrons. The minimum absolute atomic E-state index is 0.470. The highest BCUT2D eigenvalue weighted by Crippen LogP contribution is 2.02. The predicted octanol–water partition coefficient (Wildman–Crippen LogP) is 2.39. The second-order valence-electron chi connectivity index (χ2n) is 2.90. The first-order valence-corrected chi connectivity index (χ1v) is 4.39. The van der Waals surface area contributed by atoms with E-state index in [0.717, 1.165) is 6.54 Å². The molecule has 0 unspecified atom stereocenters. The van der Waals surface area contributed by atoms with Crippen LogP contribution in [0.5, 0.6) is 0 Å². The Labute approximate surface area is 85.1 Å². The van der Waals surface area contributed by atoms with Crippen molar-refractivity contribution in [1.29, 1.82) is 0 Å².